The van der Waals surface area contributed by atoms with Gasteiger partial charge in [-0.1, -0.05) is 72.8 Å². The molecule has 4 aromatic carbocycles. The second-order valence-electron chi connectivity index (χ2n) is 17.9. The van der Waals surface area contributed by atoms with Crippen molar-refractivity contribution in [1.82, 2.24) is 20.6 Å². The standard InChI is InChI=1S/C51H48N8O8/c1-49(2,3)66-47(64)52-27-43(60)56-39-17-11-19-41(54-39)58-45(62)29-21-23-33-31-13-7-9-15-35(31)51(37(33)25-29)36-16-10-8-14-32(36)34-24-22-30(26-38(34)51)46(63)59-42-20-12-18-40(55-42)57-44(61)28-53-48(65)67-50(4,5)6/h7-26H,27-28H2,1-6H3,(H,52,64)(H,53,65)(H2,54,56,58,60,62)(H2,55,57,59,61,63). The second kappa shape index (κ2) is 17.9. The molecule has 2 aliphatic carbocycles. The smallest absolute Gasteiger partial charge is 0.408 e. The topological polar surface area (TPSA) is 219 Å². The third kappa shape index (κ3) is 9.68. The maximum Gasteiger partial charge on any atom is 0.408 e. The second-order valence-corrected chi connectivity index (χ2v) is 17.9. The molecule has 0 bridgehead atoms. The summed E-state index contributed by atoms with van der Waals surface area (Å²) in [6, 6.07) is 36.9. The van der Waals surface area contributed by atoms with Crippen molar-refractivity contribution < 1.29 is 38.2 Å². The van der Waals surface area contributed by atoms with Gasteiger partial charge in [-0.2, -0.15) is 0 Å². The number of benzene rings is 4. The average molecular weight is 901 g/mol. The molecule has 2 heterocycles. The first-order valence-corrected chi connectivity index (χ1v) is 21.5. The zero-order chi connectivity index (χ0) is 47.7. The molecule has 1 spiro atoms. The monoisotopic (exact) mass is 900 g/mol. The lowest BCUT2D eigenvalue weighted by molar-refractivity contribution is -0.116. The lowest BCUT2D eigenvalue weighted by Crippen LogP contribution is -2.37. The number of nitrogens with one attached hydrogen (secondary N) is 6. The third-order valence-electron chi connectivity index (χ3n) is 10.7. The third-order valence-corrected chi connectivity index (χ3v) is 10.7. The van der Waals surface area contributed by atoms with Gasteiger partial charge in [0.15, 0.2) is 0 Å². The van der Waals surface area contributed by atoms with Gasteiger partial charge in [-0.15, -0.1) is 0 Å². The number of alkyl carbamates (subject to hydrolysis) is 2. The minimum atomic E-state index is -0.921. The zero-order valence-corrected chi connectivity index (χ0v) is 37.6. The van der Waals surface area contributed by atoms with Crippen LogP contribution in [-0.4, -0.2) is 70.1 Å². The van der Waals surface area contributed by atoms with Gasteiger partial charge >= 0.3 is 12.2 Å². The molecule has 16 heteroatoms. The van der Waals surface area contributed by atoms with Crippen molar-refractivity contribution in [2.75, 3.05) is 34.4 Å². The van der Waals surface area contributed by atoms with Gasteiger partial charge in [0.25, 0.3) is 11.8 Å². The van der Waals surface area contributed by atoms with E-state index in [0.717, 1.165) is 44.5 Å². The first-order chi connectivity index (χ1) is 31.9. The minimum absolute atomic E-state index is 0.163. The number of aromatic nitrogens is 2. The molecule has 16 nitrogen and oxygen atoms in total. The predicted molar refractivity (Wildman–Crippen MR) is 253 cm³/mol. The van der Waals surface area contributed by atoms with Crippen LogP contribution in [0.4, 0.5) is 32.9 Å². The highest BCUT2D eigenvalue weighted by Gasteiger charge is 2.52. The fourth-order valence-corrected chi connectivity index (χ4v) is 8.25. The number of amides is 6. The summed E-state index contributed by atoms with van der Waals surface area (Å²) in [5.41, 5.74) is 5.83. The molecule has 0 saturated heterocycles. The highest BCUT2D eigenvalue weighted by atomic mass is 16.6. The Labute approximate surface area is 386 Å². The van der Waals surface area contributed by atoms with Gasteiger partial charge in [0, 0.05) is 11.1 Å². The van der Waals surface area contributed by atoms with Crippen LogP contribution in [0, 0.1) is 0 Å². The molecule has 6 aromatic rings. The zero-order valence-electron chi connectivity index (χ0n) is 37.6. The van der Waals surface area contributed by atoms with Crippen LogP contribution in [0.5, 0.6) is 0 Å². The Morgan fingerprint density at radius 1 is 0.448 bits per heavy atom. The fourth-order valence-electron chi connectivity index (χ4n) is 8.25. The predicted octanol–water partition coefficient (Wildman–Crippen LogP) is 8.25. The molecule has 0 radical (unpaired) electrons. The Kier molecular flexibility index (Phi) is 12.1. The van der Waals surface area contributed by atoms with Crippen molar-refractivity contribution in [3.8, 4) is 22.3 Å². The molecule has 67 heavy (non-hydrogen) atoms. The van der Waals surface area contributed by atoms with Crippen LogP contribution in [0.15, 0.2) is 121 Å². The molecule has 2 aliphatic rings. The molecule has 340 valence electrons. The van der Waals surface area contributed by atoms with E-state index in [2.05, 4.69) is 66.1 Å². The fraction of sp³-hybridized carbons (Fsp3) is 0.216. The number of fused-ring (bicyclic) bond motifs is 10. The number of hydrogen-bond acceptors (Lipinski definition) is 10. The van der Waals surface area contributed by atoms with E-state index in [4.69, 9.17) is 9.47 Å². The quantitative estimate of drug-likeness (QED) is 0.0772. The van der Waals surface area contributed by atoms with E-state index in [-0.39, 0.29) is 36.4 Å². The Morgan fingerprint density at radius 2 is 0.806 bits per heavy atom. The summed E-state index contributed by atoms with van der Waals surface area (Å²) in [7, 11) is 0. The van der Waals surface area contributed by atoms with Gasteiger partial charge in [-0.3, -0.25) is 19.2 Å². The van der Waals surface area contributed by atoms with Crippen LogP contribution in [0.25, 0.3) is 22.3 Å². The highest BCUT2D eigenvalue weighted by molar-refractivity contribution is 6.07. The Morgan fingerprint density at radius 3 is 1.19 bits per heavy atom. The van der Waals surface area contributed by atoms with Gasteiger partial charge in [0.2, 0.25) is 11.8 Å². The molecule has 6 N–H and O–H groups in total. The molecule has 0 saturated carbocycles. The summed E-state index contributed by atoms with van der Waals surface area (Å²) in [4.78, 5) is 86.4. The van der Waals surface area contributed by atoms with E-state index in [9.17, 15) is 28.8 Å². The van der Waals surface area contributed by atoms with Crippen LogP contribution in [0.2, 0.25) is 0 Å². The van der Waals surface area contributed by atoms with Crippen LogP contribution in [0.3, 0.4) is 0 Å². The van der Waals surface area contributed by atoms with Crippen LogP contribution >= 0.6 is 0 Å². The number of rotatable bonds is 10. The summed E-state index contributed by atoms with van der Waals surface area (Å²) in [6.45, 7) is 9.60. The number of hydrogen-bond donors (Lipinski definition) is 6. The summed E-state index contributed by atoms with van der Waals surface area (Å²) in [5.74, 6) is -1.27. The van der Waals surface area contributed by atoms with Crippen molar-refractivity contribution in [3.05, 3.63) is 155 Å². The van der Waals surface area contributed by atoms with E-state index in [0.29, 0.717) is 11.1 Å². The molecule has 0 atom stereocenters. The van der Waals surface area contributed by atoms with Gasteiger partial charge in [-0.25, -0.2) is 19.6 Å². The van der Waals surface area contributed by atoms with Gasteiger partial charge in [0.1, 0.15) is 47.6 Å². The summed E-state index contributed by atoms with van der Waals surface area (Å²) < 4.78 is 10.4. The van der Waals surface area contributed by atoms with Crippen molar-refractivity contribution in [3.63, 3.8) is 0 Å². The number of pyridine rings is 2. The maximum absolute atomic E-state index is 14.1. The van der Waals surface area contributed by atoms with Gasteiger partial charge in [0.05, 0.1) is 5.41 Å². The molecule has 2 aromatic heterocycles. The lowest BCUT2D eigenvalue weighted by atomic mass is 9.70. The summed E-state index contributed by atoms with van der Waals surface area (Å²) in [5, 5.41) is 15.8. The van der Waals surface area contributed by atoms with E-state index in [1.807, 2.05) is 48.5 Å². The first kappa shape index (κ1) is 45.2. The van der Waals surface area contributed by atoms with Gasteiger partial charge < -0.3 is 41.4 Å². The number of nitrogens with zero attached hydrogens (tertiary/aromatic N) is 2. The number of carbonyl (C=O) groups excluding carboxylic acids is 6. The molecule has 0 fully saturated rings. The van der Waals surface area contributed by atoms with Crippen molar-refractivity contribution >= 4 is 59.1 Å². The summed E-state index contributed by atoms with van der Waals surface area (Å²) >= 11 is 0. The molecule has 0 unspecified atom stereocenters. The largest absolute Gasteiger partial charge is 0.444 e. The van der Waals surface area contributed by atoms with E-state index in [1.54, 1.807) is 90.1 Å². The van der Waals surface area contributed by atoms with Gasteiger partial charge in [-0.05, 0) is 135 Å². The summed E-state index contributed by atoms with van der Waals surface area (Å²) in [6.07, 6.45) is -1.47. The minimum Gasteiger partial charge on any atom is -0.444 e. The number of anilines is 4. The SMILES string of the molecule is CC(C)(C)OC(=O)NCC(=O)Nc1cccc(NC(=O)c2ccc3c(c2)C2(c4ccccc4-3)c3ccccc3-c3ccc(C(=O)Nc4cccc(NC(=O)CNC(=O)OC(C)(C)C)n4)cc32)n1. The van der Waals surface area contributed by atoms with E-state index in [1.165, 1.54) is 0 Å². The first-order valence-electron chi connectivity index (χ1n) is 21.5. The Bertz CT molecular complexity index is 2790. The molecule has 8 rings (SSSR count). The average Bonchev–Trinajstić information content (AvgIpc) is 3.73. The number of carbonyl (C=O) groups is 6. The lowest BCUT2D eigenvalue weighted by Gasteiger charge is -2.31. The molecular formula is C51H48N8O8. The molecular weight excluding hydrogens is 853 g/mol. The Balaban J connectivity index is 1.05. The number of ether oxygens (including phenoxy) is 2. The van der Waals surface area contributed by atoms with Crippen molar-refractivity contribution in [2.45, 2.75) is 58.2 Å². The Hall–Kier alpha value is -8.40. The normalized spacial score (nSPS) is 12.6. The van der Waals surface area contributed by atoms with E-state index >= 15 is 0 Å². The van der Waals surface area contributed by atoms with Crippen molar-refractivity contribution in [1.29, 1.82) is 0 Å². The van der Waals surface area contributed by atoms with Crippen LogP contribution < -0.4 is 31.9 Å². The van der Waals surface area contributed by atoms with E-state index < -0.39 is 52.4 Å². The molecule has 0 aliphatic heterocycles. The highest BCUT2D eigenvalue weighted by Crippen LogP contribution is 2.63. The van der Waals surface area contributed by atoms with Crippen LogP contribution in [0.1, 0.15) is 84.5 Å². The van der Waals surface area contributed by atoms with Crippen LogP contribution in [-0.2, 0) is 24.5 Å². The maximum atomic E-state index is 14.1. The van der Waals surface area contributed by atoms with Crippen molar-refractivity contribution in [2.24, 2.45) is 0 Å². The molecule has 6 amide bonds.